The van der Waals surface area contributed by atoms with Gasteiger partial charge in [-0.25, -0.2) is 9.82 Å². The molecule has 0 bridgehead atoms. The number of hydrogen-bond acceptors (Lipinski definition) is 4. The van der Waals surface area contributed by atoms with E-state index in [4.69, 9.17) is 0 Å². The Balaban J connectivity index is 1.66. The highest BCUT2D eigenvalue weighted by atomic mass is 32.1. The van der Waals surface area contributed by atoms with Gasteiger partial charge in [0.25, 0.3) is 5.91 Å². The number of amides is 1. The fraction of sp³-hybridized carbons (Fsp3) is 0. The Morgan fingerprint density at radius 2 is 2.00 bits per heavy atom. The van der Waals surface area contributed by atoms with E-state index >= 15 is 0 Å². The molecule has 0 aliphatic rings. The van der Waals surface area contributed by atoms with Gasteiger partial charge in [-0.15, -0.1) is 11.3 Å². The monoisotopic (exact) mass is 332 g/mol. The highest BCUT2D eigenvalue weighted by Gasteiger charge is 2.10. The standard InChI is InChI=1S/C15H10F2N4OS/c16-10-3-1-9(2-4-10)12-7-13(20-19-12)15(22)21-18-8-11-5-6-14(17)23-11/h1-8H,(H,19,20)(H,21,22)/b18-8-. The van der Waals surface area contributed by atoms with E-state index in [1.54, 1.807) is 18.2 Å². The van der Waals surface area contributed by atoms with Gasteiger partial charge in [0.1, 0.15) is 11.5 Å². The van der Waals surface area contributed by atoms with Crippen LogP contribution in [0.25, 0.3) is 11.3 Å². The van der Waals surface area contributed by atoms with Gasteiger partial charge in [0.2, 0.25) is 0 Å². The Hall–Kier alpha value is -2.87. The Bertz CT molecular complexity index is 855. The summed E-state index contributed by atoms with van der Waals surface area (Å²) in [5, 5.41) is 10.0. The van der Waals surface area contributed by atoms with Crippen molar-refractivity contribution in [2.75, 3.05) is 0 Å². The van der Waals surface area contributed by atoms with Crippen LogP contribution in [0.1, 0.15) is 15.4 Å². The van der Waals surface area contributed by atoms with Crippen LogP contribution < -0.4 is 5.43 Å². The van der Waals surface area contributed by atoms with Crippen LogP contribution in [0, 0.1) is 10.9 Å². The van der Waals surface area contributed by atoms with Gasteiger partial charge in [0, 0.05) is 5.56 Å². The largest absolute Gasteiger partial charge is 0.289 e. The first-order valence-electron chi connectivity index (χ1n) is 6.52. The molecule has 116 valence electrons. The van der Waals surface area contributed by atoms with Crippen LogP contribution >= 0.6 is 11.3 Å². The molecule has 0 unspecified atom stereocenters. The number of nitrogens with zero attached hydrogens (tertiary/aromatic N) is 2. The predicted molar refractivity (Wildman–Crippen MR) is 83.3 cm³/mol. The van der Waals surface area contributed by atoms with E-state index in [0.29, 0.717) is 16.1 Å². The first kappa shape index (κ1) is 15.0. The SMILES string of the molecule is O=C(N/N=C\c1ccc(F)s1)c1cc(-c2ccc(F)cc2)n[nH]1. The van der Waals surface area contributed by atoms with Gasteiger partial charge in [-0.05, 0) is 42.5 Å². The third kappa shape index (κ3) is 3.67. The van der Waals surface area contributed by atoms with Gasteiger partial charge in [-0.2, -0.15) is 14.6 Å². The molecule has 2 aromatic heterocycles. The average molecular weight is 332 g/mol. The van der Waals surface area contributed by atoms with Gasteiger partial charge >= 0.3 is 0 Å². The molecule has 0 saturated carbocycles. The van der Waals surface area contributed by atoms with Crippen LogP contribution in [-0.2, 0) is 0 Å². The molecular formula is C15H10F2N4OS. The van der Waals surface area contributed by atoms with Crippen LogP contribution in [0.3, 0.4) is 0 Å². The van der Waals surface area contributed by atoms with E-state index < -0.39 is 5.91 Å². The van der Waals surface area contributed by atoms with Crippen LogP contribution in [-0.4, -0.2) is 22.3 Å². The maximum Gasteiger partial charge on any atom is 0.289 e. The van der Waals surface area contributed by atoms with Crippen LogP contribution in [0.2, 0.25) is 0 Å². The molecule has 0 aliphatic carbocycles. The quantitative estimate of drug-likeness (QED) is 0.569. The summed E-state index contributed by atoms with van der Waals surface area (Å²) in [6, 6.07) is 10.2. The number of rotatable bonds is 4. The molecule has 3 aromatic rings. The van der Waals surface area contributed by atoms with Gasteiger partial charge in [-0.1, -0.05) is 0 Å². The molecule has 8 heteroatoms. The normalized spacial score (nSPS) is 11.0. The second-order valence-corrected chi connectivity index (χ2v) is 5.58. The lowest BCUT2D eigenvalue weighted by atomic mass is 10.1. The summed E-state index contributed by atoms with van der Waals surface area (Å²) in [7, 11) is 0. The van der Waals surface area contributed by atoms with Gasteiger partial charge in [0.15, 0.2) is 5.13 Å². The molecule has 2 N–H and O–H groups in total. The van der Waals surface area contributed by atoms with Crippen LogP contribution in [0.5, 0.6) is 0 Å². The maximum absolute atomic E-state index is 12.9. The lowest BCUT2D eigenvalue weighted by Crippen LogP contribution is -2.17. The fourth-order valence-electron chi connectivity index (χ4n) is 1.82. The molecule has 1 aromatic carbocycles. The van der Waals surface area contributed by atoms with E-state index in [9.17, 15) is 13.6 Å². The van der Waals surface area contributed by atoms with Crippen molar-refractivity contribution in [2.45, 2.75) is 0 Å². The van der Waals surface area contributed by atoms with Crippen LogP contribution in [0.4, 0.5) is 8.78 Å². The molecule has 5 nitrogen and oxygen atoms in total. The molecule has 0 radical (unpaired) electrons. The molecule has 2 heterocycles. The average Bonchev–Trinajstić information content (AvgIpc) is 3.17. The van der Waals surface area contributed by atoms with Gasteiger partial charge in [-0.3, -0.25) is 9.89 Å². The third-order valence-electron chi connectivity index (χ3n) is 2.91. The highest BCUT2D eigenvalue weighted by Crippen LogP contribution is 2.18. The summed E-state index contributed by atoms with van der Waals surface area (Å²) in [5.74, 6) is -0.833. The number of H-pyrrole nitrogens is 1. The molecule has 3 rings (SSSR count). The lowest BCUT2D eigenvalue weighted by Gasteiger charge is -1.95. The third-order valence-corrected chi connectivity index (χ3v) is 3.72. The summed E-state index contributed by atoms with van der Waals surface area (Å²) < 4.78 is 25.7. The minimum atomic E-state index is -0.487. The number of hydrazone groups is 1. The molecule has 23 heavy (non-hydrogen) atoms. The highest BCUT2D eigenvalue weighted by molar-refractivity contribution is 7.12. The molecule has 0 saturated heterocycles. The summed E-state index contributed by atoms with van der Waals surface area (Å²) in [4.78, 5) is 12.5. The summed E-state index contributed by atoms with van der Waals surface area (Å²) in [6.45, 7) is 0. The lowest BCUT2D eigenvalue weighted by molar-refractivity contribution is 0.0950. The zero-order valence-corrected chi connectivity index (χ0v) is 12.4. The van der Waals surface area contributed by atoms with E-state index in [-0.39, 0.29) is 16.6 Å². The first-order valence-corrected chi connectivity index (χ1v) is 7.33. The Kier molecular flexibility index (Phi) is 4.24. The van der Waals surface area contributed by atoms with E-state index in [1.807, 2.05) is 0 Å². The van der Waals surface area contributed by atoms with E-state index in [1.165, 1.54) is 30.5 Å². The van der Waals surface area contributed by atoms with Crippen molar-refractivity contribution in [2.24, 2.45) is 5.10 Å². The summed E-state index contributed by atoms with van der Waals surface area (Å²) in [5.41, 5.74) is 3.71. The summed E-state index contributed by atoms with van der Waals surface area (Å²) in [6.07, 6.45) is 1.35. The Morgan fingerprint density at radius 3 is 2.70 bits per heavy atom. The van der Waals surface area contributed by atoms with Crippen molar-refractivity contribution in [1.82, 2.24) is 15.6 Å². The van der Waals surface area contributed by atoms with Gasteiger partial charge < -0.3 is 0 Å². The van der Waals surface area contributed by atoms with Gasteiger partial charge in [0.05, 0.1) is 16.8 Å². The smallest absolute Gasteiger partial charge is 0.272 e. The van der Waals surface area contributed by atoms with E-state index in [2.05, 4.69) is 20.7 Å². The summed E-state index contributed by atoms with van der Waals surface area (Å²) >= 11 is 0.920. The topological polar surface area (TPSA) is 70.1 Å². The number of nitrogens with one attached hydrogen (secondary N) is 2. The molecule has 1 amide bonds. The second-order valence-electron chi connectivity index (χ2n) is 4.51. The number of carbonyl (C=O) groups is 1. The molecular weight excluding hydrogens is 322 g/mol. The molecule has 0 aliphatic heterocycles. The number of aromatic nitrogens is 2. The van der Waals surface area contributed by atoms with E-state index in [0.717, 1.165) is 11.3 Å². The Labute approximate surface area is 133 Å². The van der Waals surface area contributed by atoms with Crippen molar-refractivity contribution in [3.05, 3.63) is 64.0 Å². The van der Waals surface area contributed by atoms with Crippen molar-refractivity contribution in [1.29, 1.82) is 0 Å². The number of halogens is 2. The minimum Gasteiger partial charge on any atom is -0.272 e. The fourth-order valence-corrected chi connectivity index (χ4v) is 2.42. The molecule has 0 fully saturated rings. The maximum atomic E-state index is 12.9. The number of benzene rings is 1. The number of aromatic amines is 1. The second kappa shape index (κ2) is 6.49. The minimum absolute atomic E-state index is 0.207. The molecule has 0 spiro atoms. The molecule has 0 atom stereocenters. The number of hydrogen-bond donors (Lipinski definition) is 2. The van der Waals surface area contributed by atoms with Crippen molar-refractivity contribution in [3.8, 4) is 11.3 Å². The van der Waals surface area contributed by atoms with Crippen molar-refractivity contribution < 1.29 is 13.6 Å². The van der Waals surface area contributed by atoms with Crippen LogP contribution in [0.15, 0.2) is 47.6 Å². The zero-order valence-electron chi connectivity index (χ0n) is 11.6. The first-order chi connectivity index (χ1) is 11.1. The van der Waals surface area contributed by atoms with Crippen molar-refractivity contribution >= 4 is 23.5 Å². The number of thiophene rings is 1. The van der Waals surface area contributed by atoms with Crippen molar-refractivity contribution in [3.63, 3.8) is 0 Å². The predicted octanol–water partition coefficient (Wildman–Crippen LogP) is 3.18. The number of carbonyl (C=O) groups excluding carboxylic acids is 1. The zero-order chi connectivity index (χ0) is 16.2. The Morgan fingerprint density at radius 1 is 1.22 bits per heavy atom.